The second-order valence-electron chi connectivity index (χ2n) is 6.21. The van der Waals surface area contributed by atoms with Crippen LogP contribution in [0.2, 0.25) is 0 Å². The van der Waals surface area contributed by atoms with Gasteiger partial charge in [0.15, 0.2) is 0 Å². The molecule has 2 rings (SSSR count). The van der Waals surface area contributed by atoms with Crippen LogP contribution in [0.4, 0.5) is 0 Å². The van der Waals surface area contributed by atoms with Gasteiger partial charge in [-0.2, -0.15) is 0 Å². The first kappa shape index (κ1) is 16.3. The van der Waals surface area contributed by atoms with Crippen molar-refractivity contribution < 1.29 is 19.8 Å². The van der Waals surface area contributed by atoms with Crippen LogP contribution in [0.15, 0.2) is 47.6 Å². The third kappa shape index (κ3) is 2.91. The number of rotatable bonds is 3. The molecule has 0 spiro atoms. The third-order valence-corrected chi connectivity index (χ3v) is 4.72. The first-order chi connectivity index (χ1) is 10.4. The van der Waals surface area contributed by atoms with Gasteiger partial charge < -0.3 is 10.2 Å². The predicted molar refractivity (Wildman–Crippen MR) is 84.3 cm³/mol. The van der Waals surface area contributed by atoms with Crippen molar-refractivity contribution in [2.75, 3.05) is 0 Å². The van der Waals surface area contributed by atoms with E-state index in [9.17, 15) is 19.8 Å². The van der Waals surface area contributed by atoms with Crippen LogP contribution in [-0.4, -0.2) is 22.2 Å². The first-order valence-electron chi connectivity index (χ1n) is 7.57. The molecule has 0 saturated carbocycles. The van der Waals surface area contributed by atoms with E-state index < -0.39 is 23.3 Å². The van der Waals surface area contributed by atoms with Gasteiger partial charge in [-0.05, 0) is 25.2 Å². The molecule has 2 N–H and O–H groups in total. The molecule has 4 heteroatoms. The maximum Gasteiger partial charge on any atom is 0.332 e. The summed E-state index contributed by atoms with van der Waals surface area (Å²) in [5.74, 6) is -2.70. The molecular formula is C18H22O4. The van der Waals surface area contributed by atoms with E-state index in [0.717, 1.165) is 12.8 Å². The lowest BCUT2D eigenvalue weighted by molar-refractivity contribution is -0.137. The van der Waals surface area contributed by atoms with Crippen molar-refractivity contribution in [2.45, 2.75) is 33.1 Å². The molecule has 3 unspecified atom stereocenters. The molecule has 22 heavy (non-hydrogen) atoms. The standard InChI is InChI=1S/C18H22O4/c1-12-8-7-11-18(2,13-9-5-3-4-6-10-13)15(17(21)22)14(12)16(19)20/h3,5-8,10,12-13H,4,9,11H2,1-2H3,(H,19,20)(H,21,22). The van der Waals surface area contributed by atoms with E-state index in [0.29, 0.717) is 6.42 Å². The number of carboxylic acids is 2. The quantitative estimate of drug-likeness (QED) is 0.781. The summed E-state index contributed by atoms with van der Waals surface area (Å²) in [4.78, 5) is 23.6. The minimum atomic E-state index is -1.14. The summed E-state index contributed by atoms with van der Waals surface area (Å²) in [7, 11) is 0. The number of hydrogen-bond donors (Lipinski definition) is 2. The molecule has 2 aliphatic rings. The lowest BCUT2D eigenvalue weighted by Crippen LogP contribution is -2.34. The van der Waals surface area contributed by atoms with Crippen LogP contribution in [0.5, 0.6) is 0 Å². The van der Waals surface area contributed by atoms with Gasteiger partial charge in [0, 0.05) is 11.3 Å². The zero-order chi connectivity index (χ0) is 16.3. The molecule has 118 valence electrons. The van der Waals surface area contributed by atoms with E-state index in [-0.39, 0.29) is 17.1 Å². The Morgan fingerprint density at radius 1 is 1.09 bits per heavy atom. The maximum atomic E-state index is 11.9. The van der Waals surface area contributed by atoms with Crippen molar-refractivity contribution in [3.63, 3.8) is 0 Å². The molecule has 3 atom stereocenters. The summed E-state index contributed by atoms with van der Waals surface area (Å²) < 4.78 is 0. The van der Waals surface area contributed by atoms with E-state index in [1.807, 2.05) is 31.2 Å². The third-order valence-electron chi connectivity index (χ3n) is 4.72. The fourth-order valence-electron chi connectivity index (χ4n) is 3.46. The van der Waals surface area contributed by atoms with Crippen molar-refractivity contribution in [1.29, 1.82) is 0 Å². The molecule has 0 bridgehead atoms. The molecule has 0 aliphatic heterocycles. The topological polar surface area (TPSA) is 74.6 Å². The molecular weight excluding hydrogens is 280 g/mol. The van der Waals surface area contributed by atoms with Gasteiger partial charge >= 0.3 is 11.9 Å². The smallest absolute Gasteiger partial charge is 0.332 e. The summed E-state index contributed by atoms with van der Waals surface area (Å²) in [6.07, 6.45) is 14.0. The van der Waals surface area contributed by atoms with E-state index in [1.165, 1.54) is 0 Å². The Morgan fingerprint density at radius 3 is 2.45 bits per heavy atom. The van der Waals surface area contributed by atoms with Crippen LogP contribution < -0.4 is 0 Å². The molecule has 0 aromatic carbocycles. The SMILES string of the molecule is CC1C=CCC(C)(C2C=CCC=CC2)C(C(=O)O)=C1C(=O)O. The largest absolute Gasteiger partial charge is 0.478 e. The number of hydrogen-bond acceptors (Lipinski definition) is 2. The van der Waals surface area contributed by atoms with E-state index >= 15 is 0 Å². The Morgan fingerprint density at radius 2 is 1.82 bits per heavy atom. The van der Waals surface area contributed by atoms with Crippen LogP contribution >= 0.6 is 0 Å². The Labute approximate surface area is 130 Å². The average Bonchev–Trinajstić information content (AvgIpc) is 2.77. The number of allylic oxidation sites excluding steroid dienone is 6. The van der Waals surface area contributed by atoms with Crippen molar-refractivity contribution in [3.05, 3.63) is 47.6 Å². The highest BCUT2D eigenvalue weighted by Gasteiger charge is 2.43. The number of aliphatic carboxylic acids is 2. The first-order valence-corrected chi connectivity index (χ1v) is 7.57. The van der Waals surface area contributed by atoms with Crippen LogP contribution in [-0.2, 0) is 9.59 Å². The molecule has 0 aromatic heterocycles. The maximum absolute atomic E-state index is 11.9. The van der Waals surface area contributed by atoms with E-state index in [2.05, 4.69) is 6.08 Å². The Kier molecular flexibility index (Phi) is 4.69. The molecule has 0 fully saturated rings. The van der Waals surface area contributed by atoms with Crippen LogP contribution in [0, 0.1) is 17.3 Å². The lowest BCUT2D eigenvalue weighted by atomic mass is 9.66. The van der Waals surface area contributed by atoms with E-state index in [4.69, 9.17) is 0 Å². The molecule has 2 aliphatic carbocycles. The highest BCUT2D eigenvalue weighted by Crippen LogP contribution is 2.47. The Balaban J connectivity index is 2.64. The fourth-order valence-corrected chi connectivity index (χ4v) is 3.46. The van der Waals surface area contributed by atoms with Gasteiger partial charge in [-0.3, -0.25) is 0 Å². The van der Waals surface area contributed by atoms with Gasteiger partial charge in [-0.15, -0.1) is 0 Å². The molecule has 0 heterocycles. The number of carboxylic acid groups (broad SMARTS) is 2. The summed E-state index contributed by atoms with van der Waals surface area (Å²) in [5.41, 5.74) is -0.681. The lowest BCUT2D eigenvalue weighted by Gasteiger charge is -2.36. The zero-order valence-electron chi connectivity index (χ0n) is 13.0. The van der Waals surface area contributed by atoms with Crippen LogP contribution in [0.25, 0.3) is 0 Å². The van der Waals surface area contributed by atoms with Gasteiger partial charge in [0.1, 0.15) is 0 Å². The van der Waals surface area contributed by atoms with E-state index in [1.54, 1.807) is 13.0 Å². The summed E-state index contributed by atoms with van der Waals surface area (Å²) in [6.45, 7) is 3.60. The average molecular weight is 302 g/mol. The summed E-state index contributed by atoms with van der Waals surface area (Å²) in [5, 5.41) is 19.3. The molecule has 0 amide bonds. The van der Waals surface area contributed by atoms with Gasteiger partial charge in [0.2, 0.25) is 0 Å². The predicted octanol–water partition coefficient (Wildman–Crippen LogP) is 3.58. The molecule has 0 saturated heterocycles. The summed E-state index contributed by atoms with van der Waals surface area (Å²) >= 11 is 0. The fraction of sp³-hybridized carbons (Fsp3) is 0.444. The molecule has 4 nitrogen and oxygen atoms in total. The normalized spacial score (nSPS) is 31.7. The second kappa shape index (κ2) is 6.34. The monoisotopic (exact) mass is 302 g/mol. The highest BCUT2D eigenvalue weighted by molar-refractivity contribution is 6.00. The Hall–Kier alpha value is -2.10. The Bertz CT molecular complexity index is 594. The van der Waals surface area contributed by atoms with Crippen molar-refractivity contribution in [2.24, 2.45) is 17.3 Å². The second-order valence-corrected chi connectivity index (χ2v) is 6.21. The number of carbonyl (C=O) groups is 2. The van der Waals surface area contributed by atoms with Crippen LogP contribution in [0.3, 0.4) is 0 Å². The van der Waals surface area contributed by atoms with Gasteiger partial charge in [-0.25, -0.2) is 9.59 Å². The minimum absolute atomic E-state index is 0.00498. The molecule has 0 radical (unpaired) electrons. The van der Waals surface area contributed by atoms with Gasteiger partial charge in [0.25, 0.3) is 0 Å². The van der Waals surface area contributed by atoms with Crippen molar-refractivity contribution >= 4 is 11.9 Å². The van der Waals surface area contributed by atoms with Gasteiger partial charge in [-0.1, -0.05) is 50.3 Å². The minimum Gasteiger partial charge on any atom is -0.478 e. The highest BCUT2D eigenvalue weighted by atomic mass is 16.4. The summed E-state index contributed by atoms with van der Waals surface area (Å²) in [6, 6.07) is 0. The zero-order valence-corrected chi connectivity index (χ0v) is 13.0. The van der Waals surface area contributed by atoms with Crippen molar-refractivity contribution in [1.82, 2.24) is 0 Å². The van der Waals surface area contributed by atoms with Crippen LogP contribution in [0.1, 0.15) is 33.1 Å². The van der Waals surface area contributed by atoms with Crippen molar-refractivity contribution in [3.8, 4) is 0 Å². The van der Waals surface area contributed by atoms with Gasteiger partial charge in [0.05, 0.1) is 11.1 Å². The molecule has 0 aromatic rings.